The van der Waals surface area contributed by atoms with E-state index in [9.17, 15) is 9.50 Å². The minimum atomic E-state index is -0.466. The molecule has 0 aliphatic carbocycles. The highest BCUT2D eigenvalue weighted by Crippen LogP contribution is 2.19. The third kappa shape index (κ3) is 2.81. The summed E-state index contributed by atoms with van der Waals surface area (Å²) in [6.07, 6.45) is 1.22. The molecule has 1 N–H and O–H groups in total. The standard InChI is InChI=1S/C11H15FO/c1-2-4-11(13)10-6-3-5-9(7-10)8-12/h3,5-7,11,13H,2,4,8H2,1H3/t11-/m1/s1. The highest BCUT2D eigenvalue weighted by atomic mass is 19.1. The van der Waals surface area contributed by atoms with Crippen LogP contribution in [0.2, 0.25) is 0 Å². The summed E-state index contributed by atoms with van der Waals surface area (Å²) in [6, 6.07) is 7.06. The van der Waals surface area contributed by atoms with Crippen molar-refractivity contribution < 1.29 is 9.50 Å². The van der Waals surface area contributed by atoms with Crippen LogP contribution in [0, 0.1) is 0 Å². The molecule has 1 rings (SSSR count). The Morgan fingerprint density at radius 1 is 1.46 bits per heavy atom. The van der Waals surface area contributed by atoms with Gasteiger partial charge < -0.3 is 5.11 Å². The van der Waals surface area contributed by atoms with Gasteiger partial charge in [-0.25, -0.2) is 4.39 Å². The van der Waals surface area contributed by atoms with Gasteiger partial charge in [-0.15, -0.1) is 0 Å². The van der Waals surface area contributed by atoms with Crippen LogP contribution in [0.25, 0.3) is 0 Å². The van der Waals surface area contributed by atoms with E-state index >= 15 is 0 Å². The Morgan fingerprint density at radius 2 is 2.23 bits per heavy atom. The van der Waals surface area contributed by atoms with E-state index < -0.39 is 12.8 Å². The first-order valence-electron chi connectivity index (χ1n) is 4.60. The Kier molecular flexibility index (Phi) is 3.90. The van der Waals surface area contributed by atoms with Gasteiger partial charge in [0.1, 0.15) is 6.67 Å². The lowest BCUT2D eigenvalue weighted by Gasteiger charge is -2.09. The second-order valence-corrected chi connectivity index (χ2v) is 3.18. The number of rotatable bonds is 4. The van der Waals surface area contributed by atoms with E-state index in [0.29, 0.717) is 5.56 Å². The molecule has 0 aliphatic rings. The second kappa shape index (κ2) is 4.97. The van der Waals surface area contributed by atoms with Crippen molar-refractivity contribution in [3.63, 3.8) is 0 Å². The third-order valence-corrected chi connectivity index (χ3v) is 2.05. The summed E-state index contributed by atoms with van der Waals surface area (Å²) in [5, 5.41) is 9.62. The van der Waals surface area contributed by atoms with Gasteiger partial charge in [-0.05, 0) is 17.5 Å². The lowest BCUT2D eigenvalue weighted by Crippen LogP contribution is -1.97. The zero-order valence-corrected chi connectivity index (χ0v) is 7.83. The summed E-state index contributed by atoms with van der Waals surface area (Å²) < 4.78 is 12.3. The first-order chi connectivity index (χ1) is 6.27. The van der Waals surface area contributed by atoms with Gasteiger partial charge >= 0.3 is 0 Å². The van der Waals surface area contributed by atoms with Crippen molar-refractivity contribution in [3.05, 3.63) is 35.4 Å². The van der Waals surface area contributed by atoms with E-state index in [2.05, 4.69) is 0 Å². The fraction of sp³-hybridized carbons (Fsp3) is 0.455. The maximum atomic E-state index is 12.3. The molecule has 13 heavy (non-hydrogen) atoms. The molecule has 0 bridgehead atoms. The third-order valence-electron chi connectivity index (χ3n) is 2.05. The van der Waals surface area contributed by atoms with E-state index in [1.165, 1.54) is 0 Å². The van der Waals surface area contributed by atoms with Crippen molar-refractivity contribution in [3.8, 4) is 0 Å². The van der Waals surface area contributed by atoms with Crippen LogP contribution in [0.15, 0.2) is 24.3 Å². The maximum Gasteiger partial charge on any atom is 0.115 e. The summed E-state index contributed by atoms with van der Waals surface area (Å²) in [5.74, 6) is 0. The molecule has 0 fully saturated rings. The summed E-state index contributed by atoms with van der Waals surface area (Å²) >= 11 is 0. The fourth-order valence-corrected chi connectivity index (χ4v) is 1.32. The number of benzene rings is 1. The van der Waals surface area contributed by atoms with Crippen LogP contribution in [0.3, 0.4) is 0 Å². The van der Waals surface area contributed by atoms with Crippen LogP contribution in [0.4, 0.5) is 4.39 Å². The summed E-state index contributed by atoms with van der Waals surface area (Å²) in [6.45, 7) is 1.55. The largest absolute Gasteiger partial charge is 0.388 e. The predicted octanol–water partition coefficient (Wildman–Crippen LogP) is 2.99. The highest BCUT2D eigenvalue weighted by molar-refractivity contribution is 5.24. The smallest absolute Gasteiger partial charge is 0.115 e. The van der Waals surface area contributed by atoms with Gasteiger partial charge in [0.05, 0.1) is 6.10 Å². The Balaban J connectivity index is 2.75. The van der Waals surface area contributed by atoms with Gasteiger partial charge in [0.2, 0.25) is 0 Å². The maximum absolute atomic E-state index is 12.3. The molecule has 72 valence electrons. The molecule has 0 radical (unpaired) electrons. The van der Waals surface area contributed by atoms with Crippen LogP contribution in [0.1, 0.15) is 37.0 Å². The van der Waals surface area contributed by atoms with Gasteiger partial charge in [0.25, 0.3) is 0 Å². The molecule has 0 saturated carbocycles. The van der Waals surface area contributed by atoms with Gasteiger partial charge in [-0.3, -0.25) is 0 Å². The molecule has 1 atom stereocenters. The Hall–Kier alpha value is -0.890. The highest BCUT2D eigenvalue weighted by Gasteiger charge is 2.05. The van der Waals surface area contributed by atoms with Crippen molar-refractivity contribution in [1.29, 1.82) is 0 Å². The van der Waals surface area contributed by atoms with E-state index in [1.807, 2.05) is 13.0 Å². The van der Waals surface area contributed by atoms with Gasteiger partial charge in [0, 0.05) is 0 Å². The lowest BCUT2D eigenvalue weighted by atomic mass is 10.0. The minimum Gasteiger partial charge on any atom is -0.388 e. The van der Waals surface area contributed by atoms with Crippen LogP contribution in [-0.4, -0.2) is 5.11 Å². The van der Waals surface area contributed by atoms with Gasteiger partial charge in [-0.2, -0.15) is 0 Å². The van der Waals surface area contributed by atoms with Crippen molar-refractivity contribution >= 4 is 0 Å². The molecular weight excluding hydrogens is 167 g/mol. The first-order valence-corrected chi connectivity index (χ1v) is 4.60. The summed E-state index contributed by atoms with van der Waals surface area (Å²) in [7, 11) is 0. The molecule has 1 nitrogen and oxygen atoms in total. The topological polar surface area (TPSA) is 20.2 Å². The molecule has 0 spiro atoms. The van der Waals surface area contributed by atoms with Crippen LogP contribution in [0.5, 0.6) is 0 Å². The van der Waals surface area contributed by atoms with E-state index in [0.717, 1.165) is 18.4 Å². The molecule has 0 aliphatic heterocycles. The number of aliphatic hydroxyl groups excluding tert-OH is 1. The molecule has 1 aromatic rings. The van der Waals surface area contributed by atoms with E-state index in [1.54, 1.807) is 18.2 Å². The average Bonchev–Trinajstić information content (AvgIpc) is 2.18. The fourth-order valence-electron chi connectivity index (χ4n) is 1.32. The predicted molar refractivity (Wildman–Crippen MR) is 51.1 cm³/mol. The monoisotopic (exact) mass is 182 g/mol. The molecule has 0 heterocycles. The van der Waals surface area contributed by atoms with Crippen LogP contribution < -0.4 is 0 Å². The lowest BCUT2D eigenvalue weighted by molar-refractivity contribution is 0.166. The molecule has 0 aromatic heterocycles. The molecule has 0 amide bonds. The number of hydrogen-bond donors (Lipinski definition) is 1. The van der Waals surface area contributed by atoms with Crippen LogP contribution >= 0.6 is 0 Å². The summed E-state index contributed by atoms with van der Waals surface area (Å²) in [5.41, 5.74) is 1.45. The Morgan fingerprint density at radius 3 is 2.85 bits per heavy atom. The molecule has 2 heteroatoms. The quantitative estimate of drug-likeness (QED) is 0.759. The zero-order valence-electron chi connectivity index (χ0n) is 7.83. The average molecular weight is 182 g/mol. The van der Waals surface area contributed by atoms with Gasteiger partial charge in [0.15, 0.2) is 0 Å². The SMILES string of the molecule is CCC[C@@H](O)c1cccc(CF)c1. The number of hydrogen-bond acceptors (Lipinski definition) is 1. The minimum absolute atomic E-state index is 0.448. The van der Waals surface area contributed by atoms with E-state index in [-0.39, 0.29) is 0 Å². The van der Waals surface area contributed by atoms with Crippen molar-refractivity contribution in [2.45, 2.75) is 32.5 Å². The first kappa shape index (κ1) is 10.2. The van der Waals surface area contributed by atoms with Crippen molar-refractivity contribution in [2.75, 3.05) is 0 Å². The van der Waals surface area contributed by atoms with Crippen molar-refractivity contribution in [2.24, 2.45) is 0 Å². The van der Waals surface area contributed by atoms with E-state index in [4.69, 9.17) is 0 Å². The van der Waals surface area contributed by atoms with Gasteiger partial charge in [-0.1, -0.05) is 37.6 Å². The number of halogens is 1. The Bertz CT molecular complexity index is 260. The number of alkyl halides is 1. The molecule has 0 saturated heterocycles. The second-order valence-electron chi connectivity index (χ2n) is 3.18. The normalized spacial score (nSPS) is 12.8. The number of aliphatic hydroxyl groups is 1. The molecule has 0 unspecified atom stereocenters. The Labute approximate surface area is 78.2 Å². The zero-order chi connectivity index (χ0) is 9.68. The van der Waals surface area contributed by atoms with Crippen LogP contribution in [-0.2, 0) is 6.67 Å². The van der Waals surface area contributed by atoms with Crippen molar-refractivity contribution in [1.82, 2.24) is 0 Å². The molecule has 1 aromatic carbocycles. The summed E-state index contributed by atoms with van der Waals surface area (Å²) in [4.78, 5) is 0. The molecular formula is C11H15FO.